The Kier molecular flexibility index (Phi) is 2.93. The molecule has 0 heterocycles. The van der Waals surface area contributed by atoms with E-state index in [1.54, 1.807) is 0 Å². The van der Waals surface area contributed by atoms with Gasteiger partial charge in [-0.05, 0) is 12.5 Å². The number of nitrogens with two attached hydrogens (primary N) is 2. The molecule has 0 aromatic rings. The number of allylic oxidation sites excluding steroid dienone is 2. The Hall–Kier alpha value is -0.760. The highest BCUT2D eigenvalue weighted by Crippen LogP contribution is 2.23. The maximum atomic E-state index is 6.13. The smallest absolute Gasteiger partial charge is 0.0397 e. The molecule has 0 aromatic heterocycles. The summed E-state index contributed by atoms with van der Waals surface area (Å²) >= 11 is 0. The first-order chi connectivity index (χ1) is 5.66. The van der Waals surface area contributed by atoms with E-state index < -0.39 is 0 Å². The first kappa shape index (κ1) is 9.33. The Labute approximate surface area is 74.3 Å². The predicted octanol–water partition coefficient (Wildman–Crippen LogP) is 1.68. The summed E-state index contributed by atoms with van der Waals surface area (Å²) < 4.78 is 0. The maximum Gasteiger partial charge on any atom is 0.0397 e. The quantitative estimate of drug-likeness (QED) is 0.670. The molecule has 0 saturated heterocycles. The fraction of sp³-hybridized carbons (Fsp3) is 0.600. The Bertz CT molecular complexity index is 206. The first-order valence-corrected chi connectivity index (χ1v) is 4.59. The number of hydrogen-bond acceptors (Lipinski definition) is 2. The van der Waals surface area contributed by atoms with Crippen molar-refractivity contribution in [2.45, 2.75) is 38.1 Å². The fourth-order valence-corrected chi connectivity index (χ4v) is 1.54. The van der Waals surface area contributed by atoms with Crippen LogP contribution in [0.4, 0.5) is 0 Å². The summed E-state index contributed by atoms with van der Waals surface area (Å²) in [6.45, 7) is 2.18. The molecule has 0 spiro atoms. The predicted molar refractivity (Wildman–Crippen MR) is 52.5 cm³/mol. The van der Waals surface area contributed by atoms with Crippen LogP contribution in [0, 0.1) is 0 Å². The van der Waals surface area contributed by atoms with Crippen LogP contribution in [0.1, 0.15) is 32.6 Å². The van der Waals surface area contributed by atoms with Crippen LogP contribution in [-0.2, 0) is 0 Å². The lowest BCUT2D eigenvalue weighted by molar-refractivity contribution is 0.455. The summed E-state index contributed by atoms with van der Waals surface area (Å²) in [5, 5.41) is 0. The van der Waals surface area contributed by atoms with E-state index in [2.05, 4.69) is 13.0 Å². The molecule has 0 amide bonds. The van der Waals surface area contributed by atoms with E-state index in [-0.39, 0.29) is 5.54 Å². The minimum absolute atomic E-state index is 0.172. The molecule has 2 nitrogen and oxygen atoms in total. The molecule has 4 N–H and O–H groups in total. The van der Waals surface area contributed by atoms with Crippen molar-refractivity contribution in [1.29, 1.82) is 0 Å². The molecule has 2 heteroatoms. The molecule has 0 aliphatic heterocycles. The number of rotatable bonds is 3. The number of hydrogen-bond donors (Lipinski definition) is 2. The van der Waals surface area contributed by atoms with Crippen LogP contribution in [0.5, 0.6) is 0 Å². The van der Waals surface area contributed by atoms with Crippen molar-refractivity contribution in [1.82, 2.24) is 0 Å². The highest BCUT2D eigenvalue weighted by molar-refractivity contribution is 5.24. The Morgan fingerprint density at radius 2 is 2.33 bits per heavy atom. The van der Waals surface area contributed by atoms with Gasteiger partial charge in [0.1, 0.15) is 0 Å². The van der Waals surface area contributed by atoms with E-state index >= 15 is 0 Å². The van der Waals surface area contributed by atoms with Crippen molar-refractivity contribution in [3.63, 3.8) is 0 Å². The van der Waals surface area contributed by atoms with Gasteiger partial charge in [0.25, 0.3) is 0 Å². The summed E-state index contributed by atoms with van der Waals surface area (Å²) in [5.74, 6) is 0. The molecule has 1 aliphatic rings. The monoisotopic (exact) mass is 166 g/mol. The van der Waals surface area contributed by atoms with Gasteiger partial charge in [-0.15, -0.1) is 0 Å². The summed E-state index contributed by atoms with van der Waals surface area (Å²) in [6, 6.07) is 0. The number of unbranched alkanes of at least 4 members (excludes halogenated alkanes) is 1. The van der Waals surface area contributed by atoms with Gasteiger partial charge in [0.15, 0.2) is 0 Å². The molecule has 0 bridgehead atoms. The van der Waals surface area contributed by atoms with Crippen molar-refractivity contribution >= 4 is 0 Å². The van der Waals surface area contributed by atoms with Gasteiger partial charge in [0.05, 0.1) is 0 Å². The highest BCUT2D eigenvalue weighted by atomic mass is 14.8. The summed E-state index contributed by atoms with van der Waals surface area (Å²) in [5.41, 5.74) is 12.6. The molecule has 1 aliphatic carbocycles. The molecular formula is C10H18N2. The van der Waals surface area contributed by atoms with E-state index in [4.69, 9.17) is 11.5 Å². The summed E-state index contributed by atoms with van der Waals surface area (Å²) in [4.78, 5) is 0. The van der Waals surface area contributed by atoms with Gasteiger partial charge in [-0.2, -0.15) is 0 Å². The summed E-state index contributed by atoms with van der Waals surface area (Å²) in [6.07, 6.45) is 10.2. The zero-order valence-electron chi connectivity index (χ0n) is 7.72. The molecule has 12 heavy (non-hydrogen) atoms. The van der Waals surface area contributed by atoms with Crippen molar-refractivity contribution in [3.05, 3.63) is 23.9 Å². The van der Waals surface area contributed by atoms with Gasteiger partial charge in [-0.3, -0.25) is 0 Å². The van der Waals surface area contributed by atoms with Gasteiger partial charge < -0.3 is 11.5 Å². The third-order valence-corrected chi connectivity index (χ3v) is 2.27. The molecule has 0 aromatic carbocycles. The highest BCUT2D eigenvalue weighted by Gasteiger charge is 2.23. The van der Waals surface area contributed by atoms with Crippen molar-refractivity contribution in [3.8, 4) is 0 Å². The lowest BCUT2D eigenvalue weighted by atomic mass is 9.86. The average molecular weight is 166 g/mol. The Balaban J connectivity index is 2.51. The molecule has 1 rings (SSSR count). The van der Waals surface area contributed by atoms with Crippen LogP contribution >= 0.6 is 0 Å². The lowest BCUT2D eigenvalue weighted by Gasteiger charge is -2.28. The standard InChI is InChI=1S/C10H18N2/c1-2-3-6-10(12)7-4-5-9(11)8-10/h4-5,7H,2-3,6,8,11-12H2,1H3. The molecule has 0 fully saturated rings. The zero-order chi connectivity index (χ0) is 9.03. The van der Waals surface area contributed by atoms with Crippen molar-refractivity contribution < 1.29 is 0 Å². The molecular weight excluding hydrogens is 148 g/mol. The SMILES string of the molecule is CCCCC1(N)C=CC=C(N)C1. The normalized spacial score (nSPS) is 28.7. The minimum Gasteiger partial charge on any atom is -0.402 e. The van der Waals surface area contributed by atoms with Crippen LogP contribution in [0.15, 0.2) is 23.9 Å². The second-order valence-electron chi connectivity index (χ2n) is 3.61. The van der Waals surface area contributed by atoms with Gasteiger partial charge in [0.2, 0.25) is 0 Å². The Morgan fingerprint density at radius 3 is 2.92 bits per heavy atom. The van der Waals surface area contributed by atoms with Crippen molar-refractivity contribution in [2.24, 2.45) is 11.5 Å². The molecule has 1 atom stereocenters. The molecule has 0 radical (unpaired) electrons. The molecule has 0 saturated carbocycles. The second-order valence-corrected chi connectivity index (χ2v) is 3.61. The van der Waals surface area contributed by atoms with Crippen LogP contribution in [-0.4, -0.2) is 5.54 Å². The third-order valence-electron chi connectivity index (χ3n) is 2.27. The van der Waals surface area contributed by atoms with E-state index in [0.717, 1.165) is 18.5 Å². The fourth-order valence-electron chi connectivity index (χ4n) is 1.54. The Morgan fingerprint density at radius 1 is 1.58 bits per heavy atom. The van der Waals surface area contributed by atoms with Gasteiger partial charge in [-0.1, -0.05) is 31.9 Å². The summed E-state index contributed by atoms with van der Waals surface area (Å²) in [7, 11) is 0. The van der Waals surface area contributed by atoms with E-state index in [0.29, 0.717) is 0 Å². The van der Waals surface area contributed by atoms with Crippen LogP contribution in [0.25, 0.3) is 0 Å². The second kappa shape index (κ2) is 3.76. The van der Waals surface area contributed by atoms with Crippen molar-refractivity contribution in [2.75, 3.05) is 0 Å². The third kappa shape index (κ3) is 2.38. The molecule has 68 valence electrons. The van der Waals surface area contributed by atoms with Crippen LogP contribution in [0.2, 0.25) is 0 Å². The maximum absolute atomic E-state index is 6.13. The van der Waals surface area contributed by atoms with Crippen LogP contribution < -0.4 is 11.5 Å². The van der Waals surface area contributed by atoms with Gasteiger partial charge in [-0.25, -0.2) is 0 Å². The first-order valence-electron chi connectivity index (χ1n) is 4.59. The van der Waals surface area contributed by atoms with Crippen LogP contribution in [0.3, 0.4) is 0 Å². The minimum atomic E-state index is -0.172. The largest absolute Gasteiger partial charge is 0.402 e. The average Bonchev–Trinajstić information content (AvgIpc) is 2.01. The van der Waals surface area contributed by atoms with Gasteiger partial charge in [0, 0.05) is 17.7 Å². The van der Waals surface area contributed by atoms with Gasteiger partial charge >= 0.3 is 0 Å². The van der Waals surface area contributed by atoms with E-state index in [1.165, 1.54) is 12.8 Å². The van der Waals surface area contributed by atoms with E-state index in [9.17, 15) is 0 Å². The lowest BCUT2D eigenvalue weighted by Crippen LogP contribution is -2.40. The van der Waals surface area contributed by atoms with E-state index in [1.807, 2.05) is 12.2 Å². The zero-order valence-corrected chi connectivity index (χ0v) is 7.72. The molecule has 1 unspecified atom stereocenters. The topological polar surface area (TPSA) is 52.0 Å².